The van der Waals surface area contributed by atoms with Gasteiger partial charge >= 0.3 is 0 Å². The molecule has 1 heterocycles. The number of ether oxygens (including phenoxy) is 1. The Bertz CT molecular complexity index is 1010. The molecule has 3 rings (SSSR count). The molecule has 1 N–H and O–H groups in total. The maximum atomic E-state index is 12.6. The molecule has 3 aromatic rings. The Labute approximate surface area is 188 Å². The molecule has 0 aliphatic rings. The zero-order valence-electron chi connectivity index (χ0n) is 18.8. The molecule has 2 aromatic carbocycles. The molecule has 0 saturated carbocycles. The quantitative estimate of drug-likeness (QED) is 0.482. The lowest BCUT2D eigenvalue weighted by atomic mass is 10.1. The van der Waals surface area contributed by atoms with Crippen LogP contribution in [0.25, 0.3) is 17.1 Å². The highest BCUT2D eigenvalue weighted by Gasteiger charge is 2.23. The van der Waals surface area contributed by atoms with Crippen LogP contribution in [0.4, 0.5) is 0 Å². The average molecular weight is 439 g/mol. The minimum absolute atomic E-state index is 0.00273. The van der Waals surface area contributed by atoms with Crippen molar-refractivity contribution in [3.05, 3.63) is 54.1 Å². The van der Waals surface area contributed by atoms with Gasteiger partial charge in [-0.2, -0.15) is 0 Å². The summed E-state index contributed by atoms with van der Waals surface area (Å²) >= 11 is 1.40. The van der Waals surface area contributed by atoms with Crippen molar-refractivity contribution in [1.29, 1.82) is 0 Å². The number of para-hydroxylation sites is 1. The van der Waals surface area contributed by atoms with E-state index in [1.165, 1.54) is 17.3 Å². The third-order valence-electron chi connectivity index (χ3n) is 4.95. The van der Waals surface area contributed by atoms with Crippen molar-refractivity contribution >= 4 is 17.7 Å². The van der Waals surface area contributed by atoms with E-state index in [-0.39, 0.29) is 11.2 Å². The molecule has 0 aliphatic heterocycles. The summed E-state index contributed by atoms with van der Waals surface area (Å²) in [5, 5.41) is 12.3. The van der Waals surface area contributed by atoms with E-state index in [1.807, 2.05) is 47.9 Å². The molecule has 0 spiro atoms. The van der Waals surface area contributed by atoms with Crippen molar-refractivity contribution in [1.82, 2.24) is 20.1 Å². The predicted molar refractivity (Wildman–Crippen MR) is 126 cm³/mol. The summed E-state index contributed by atoms with van der Waals surface area (Å²) in [7, 11) is 1.64. The molecule has 164 valence electrons. The van der Waals surface area contributed by atoms with Gasteiger partial charge in [-0.15, -0.1) is 10.2 Å². The molecule has 1 unspecified atom stereocenters. The standard InChI is InChI=1S/C24H30N4O2S/c1-16(2)14-15-25-23(29)18(4)31-24-27-26-22(20-8-6-7-9-21(20)30-5)28(24)19-12-10-17(3)11-13-19/h6-13,16,18H,14-15H2,1-5H3,(H,25,29). The van der Waals surface area contributed by atoms with Crippen LogP contribution in [0.1, 0.15) is 32.8 Å². The lowest BCUT2D eigenvalue weighted by molar-refractivity contribution is -0.120. The maximum Gasteiger partial charge on any atom is 0.233 e. The molecular weight excluding hydrogens is 408 g/mol. The van der Waals surface area contributed by atoms with E-state index in [0.29, 0.717) is 23.4 Å². The topological polar surface area (TPSA) is 69.0 Å². The van der Waals surface area contributed by atoms with Gasteiger partial charge in [-0.3, -0.25) is 9.36 Å². The van der Waals surface area contributed by atoms with Crippen LogP contribution in [0.3, 0.4) is 0 Å². The Kier molecular flexibility index (Phi) is 7.74. The molecule has 1 amide bonds. The SMILES string of the molecule is COc1ccccc1-c1nnc(SC(C)C(=O)NCCC(C)C)n1-c1ccc(C)cc1. The highest BCUT2D eigenvalue weighted by Crippen LogP contribution is 2.34. The number of aromatic nitrogens is 3. The van der Waals surface area contributed by atoms with Crippen LogP contribution in [-0.2, 0) is 4.79 Å². The second-order valence-corrected chi connectivity index (χ2v) is 9.22. The molecule has 31 heavy (non-hydrogen) atoms. The fraction of sp³-hybridized carbons (Fsp3) is 0.375. The number of amides is 1. The first-order valence-electron chi connectivity index (χ1n) is 10.5. The first kappa shape index (κ1) is 22.9. The zero-order valence-corrected chi connectivity index (χ0v) is 19.6. The summed E-state index contributed by atoms with van der Waals surface area (Å²) in [6.07, 6.45) is 0.959. The molecular formula is C24H30N4O2S. The highest BCUT2D eigenvalue weighted by atomic mass is 32.2. The molecule has 0 saturated heterocycles. The second kappa shape index (κ2) is 10.5. The predicted octanol–water partition coefficient (Wildman–Crippen LogP) is 4.89. The lowest BCUT2D eigenvalue weighted by Crippen LogP contribution is -2.32. The minimum Gasteiger partial charge on any atom is -0.496 e. The number of carbonyl (C=O) groups is 1. The van der Waals surface area contributed by atoms with E-state index >= 15 is 0 Å². The third-order valence-corrected chi connectivity index (χ3v) is 5.99. The number of nitrogens with zero attached hydrogens (tertiary/aromatic N) is 3. The van der Waals surface area contributed by atoms with Gasteiger partial charge in [0.1, 0.15) is 5.75 Å². The molecule has 7 heteroatoms. The first-order chi connectivity index (χ1) is 14.9. The van der Waals surface area contributed by atoms with Gasteiger partial charge in [-0.05, 0) is 50.5 Å². The molecule has 0 bridgehead atoms. The fourth-order valence-corrected chi connectivity index (χ4v) is 4.01. The Morgan fingerprint density at radius 3 is 2.48 bits per heavy atom. The molecule has 1 atom stereocenters. The van der Waals surface area contributed by atoms with Crippen molar-refractivity contribution in [2.75, 3.05) is 13.7 Å². The van der Waals surface area contributed by atoms with Crippen LogP contribution >= 0.6 is 11.8 Å². The van der Waals surface area contributed by atoms with Gasteiger partial charge in [0.05, 0.1) is 17.9 Å². The number of rotatable bonds is 9. The van der Waals surface area contributed by atoms with Crippen molar-refractivity contribution in [2.45, 2.75) is 44.5 Å². The first-order valence-corrected chi connectivity index (χ1v) is 11.4. The van der Waals surface area contributed by atoms with Crippen LogP contribution < -0.4 is 10.1 Å². The van der Waals surface area contributed by atoms with Crippen molar-refractivity contribution in [2.24, 2.45) is 5.92 Å². The van der Waals surface area contributed by atoms with E-state index in [2.05, 4.69) is 48.4 Å². The zero-order chi connectivity index (χ0) is 22.4. The summed E-state index contributed by atoms with van der Waals surface area (Å²) in [6.45, 7) is 8.92. The molecule has 6 nitrogen and oxygen atoms in total. The Morgan fingerprint density at radius 2 is 1.81 bits per heavy atom. The average Bonchev–Trinajstić information content (AvgIpc) is 3.17. The van der Waals surface area contributed by atoms with Gasteiger partial charge in [-0.1, -0.05) is 55.4 Å². The number of carbonyl (C=O) groups excluding carboxylic acids is 1. The normalized spacial score (nSPS) is 12.1. The van der Waals surface area contributed by atoms with E-state index in [0.717, 1.165) is 23.4 Å². The van der Waals surface area contributed by atoms with E-state index in [1.54, 1.807) is 7.11 Å². The summed E-state index contributed by atoms with van der Waals surface area (Å²) in [6, 6.07) is 15.9. The Morgan fingerprint density at radius 1 is 1.10 bits per heavy atom. The van der Waals surface area contributed by atoms with Gasteiger partial charge in [-0.25, -0.2) is 0 Å². The van der Waals surface area contributed by atoms with Gasteiger partial charge in [0, 0.05) is 12.2 Å². The minimum atomic E-state index is -0.300. The summed E-state index contributed by atoms with van der Waals surface area (Å²) in [5.41, 5.74) is 2.95. The summed E-state index contributed by atoms with van der Waals surface area (Å²) in [5.74, 6) is 1.95. The van der Waals surface area contributed by atoms with E-state index in [4.69, 9.17) is 4.74 Å². The number of aryl methyl sites for hydroxylation is 1. The largest absolute Gasteiger partial charge is 0.496 e. The number of methoxy groups -OCH3 is 1. The van der Waals surface area contributed by atoms with Gasteiger partial charge in [0.25, 0.3) is 0 Å². The number of hydrogen-bond acceptors (Lipinski definition) is 5. The van der Waals surface area contributed by atoms with Crippen molar-refractivity contribution < 1.29 is 9.53 Å². The monoisotopic (exact) mass is 438 g/mol. The van der Waals surface area contributed by atoms with Crippen molar-refractivity contribution in [3.63, 3.8) is 0 Å². The molecule has 0 fully saturated rings. The second-order valence-electron chi connectivity index (χ2n) is 7.91. The van der Waals surface area contributed by atoms with E-state index < -0.39 is 0 Å². The van der Waals surface area contributed by atoms with Crippen LogP contribution in [-0.4, -0.2) is 39.6 Å². The lowest BCUT2D eigenvalue weighted by Gasteiger charge is -2.15. The number of benzene rings is 2. The number of hydrogen-bond donors (Lipinski definition) is 1. The highest BCUT2D eigenvalue weighted by molar-refractivity contribution is 8.00. The summed E-state index contributed by atoms with van der Waals surface area (Å²) in [4.78, 5) is 12.6. The van der Waals surface area contributed by atoms with Crippen LogP contribution in [0.2, 0.25) is 0 Å². The molecule has 1 aromatic heterocycles. The third kappa shape index (κ3) is 5.67. The van der Waals surface area contributed by atoms with Gasteiger partial charge < -0.3 is 10.1 Å². The number of thioether (sulfide) groups is 1. The Balaban J connectivity index is 1.94. The molecule has 0 aliphatic carbocycles. The Hall–Kier alpha value is -2.80. The van der Waals surface area contributed by atoms with Crippen LogP contribution in [0, 0.1) is 12.8 Å². The smallest absolute Gasteiger partial charge is 0.233 e. The van der Waals surface area contributed by atoms with Gasteiger partial charge in [0.2, 0.25) is 5.91 Å². The maximum absolute atomic E-state index is 12.6. The van der Waals surface area contributed by atoms with Crippen molar-refractivity contribution in [3.8, 4) is 22.8 Å². The van der Waals surface area contributed by atoms with Crippen LogP contribution in [0.15, 0.2) is 53.7 Å². The summed E-state index contributed by atoms with van der Waals surface area (Å²) < 4.78 is 7.54. The van der Waals surface area contributed by atoms with Crippen LogP contribution in [0.5, 0.6) is 5.75 Å². The molecule has 0 radical (unpaired) electrons. The number of nitrogens with one attached hydrogen (secondary N) is 1. The van der Waals surface area contributed by atoms with E-state index in [9.17, 15) is 4.79 Å². The fourth-order valence-electron chi connectivity index (χ4n) is 3.12. The van der Waals surface area contributed by atoms with Gasteiger partial charge in [0.15, 0.2) is 11.0 Å².